The van der Waals surface area contributed by atoms with Crippen molar-refractivity contribution >= 4 is 0 Å². The van der Waals surface area contributed by atoms with Gasteiger partial charge in [0.05, 0.1) is 11.4 Å². The molecule has 0 radical (unpaired) electrons. The predicted molar refractivity (Wildman–Crippen MR) is 59.1 cm³/mol. The number of hydrogen-bond acceptors (Lipinski definition) is 3. The van der Waals surface area contributed by atoms with Crippen molar-refractivity contribution in [2.45, 2.75) is 13.0 Å². The van der Waals surface area contributed by atoms with Crippen molar-refractivity contribution in [2.24, 2.45) is 5.73 Å². The molecule has 0 aliphatic rings. The predicted octanol–water partition coefficient (Wildman–Crippen LogP) is 1.80. The second-order valence-corrected chi connectivity index (χ2v) is 3.55. The summed E-state index contributed by atoms with van der Waals surface area (Å²) in [5.41, 5.74) is 6.04. The number of rotatable bonds is 3. The van der Waals surface area contributed by atoms with E-state index in [2.05, 4.69) is 9.97 Å². The summed E-state index contributed by atoms with van der Waals surface area (Å²) in [7, 11) is 0. The van der Waals surface area contributed by atoms with Crippen LogP contribution in [0.2, 0.25) is 0 Å². The molecule has 0 atom stereocenters. The zero-order valence-electron chi connectivity index (χ0n) is 9.03. The second-order valence-electron chi connectivity index (χ2n) is 3.55. The molecule has 2 rings (SSSR count). The van der Waals surface area contributed by atoms with Gasteiger partial charge in [-0.15, -0.1) is 0 Å². The van der Waals surface area contributed by atoms with Gasteiger partial charge in [-0.1, -0.05) is 18.2 Å². The van der Waals surface area contributed by atoms with Crippen LogP contribution in [0, 0.1) is 11.6 Å². The molecule has 1 aromatic carbocycles. The first-order valence-corrected chi connectivity index (χ1v) is 5.14. The molecule has 1 aromatic heterocycles. The van der Waals surface area contributed by atoms with Crippen LogP contribution in [0.5, 0.6) is 0 Å². The van der Waals surface area contributed by atoms with Crippen molar-refractivity contribution in [3.63, 3.8) is 0 Å². The van der Waals surface area contributed by atoms with Crippen molar-refractivity contribution in [3.8, 4) is 0 Å². The third-order valence-electron chi connectivity index (χ3n) is 2.44. The van der Waals surface area contributed by atoms with E-state index in [1.165, 1.54) is 12.4 Å². The maximum Gasteiger partial charge on any atom is 0.167 e. The van der Waals surface area contributed by atoms with Crippen LogP contribution < -0.4 is 5.73 Å². The lowest BCUT2D eigenvalue weighted by molar-refractivity contribution is 0.568. The van der Waals surface area contributed by atoms with Gasteiger partial charge in [0.15, 0.2) is 5.82 Å². The van der Waals surface area contributed by atoms with Crippen molar-refractivity contribution in [1.82, 2.24) is 9.97 Å². The molecule has 0 fully saturated rings. The molecule has 0 aliphatic heterocycles. The maximum absolute atomic E-state index is 13.8. The van der Waals surface area contributed by atoms with E-state index >= 15 is 0 Å². The number of nitrogens with zero attached hydrogens (tertiary/aromatic N) is 2. The molecule has 5 heteroatoms. The van der Waals surface area contributed by atoms with Gasteiger partial charge in [-0.25, -0.2) is 18.7 Å². The average Bonchev–Trinajstić information content (AvgIpc) is 2.34. The summed E-state index contributed by atoms with van der Waals surface area (Å²) in [5, 5.41) is 0. The summed E-state index contributed by atoms with van der Waals surface area (Å²) < 4.78 is 27.2. The van der Waals surface area contributed by atoms with Gasteiger partial charge in [0, 0.05) is 13.0 Å². The lowest BCUT2D eigenvalue weighted by Crippen LogP contribution is -2.08. The van der Waals surface area contributed by atoms with Gasteiger partial charge in [0.1, 0.15) is 12.1 Å². The molecular formula is C12H11F2N3. The van der Waals surface area contributed by atoms with Crippen LogP contribution >= 0.6 is 0 Å². The van der Waals surface area contributed by atoms with E-state index in [1.54, 1.807) is 18.2 Å². The average molecular weight is 235 g/mol. The van der Waals surface area contributed by atoms with E-state index in [0.29, 0.717) is 5.56 Å². The van der Waals surface area contributed by atoms with E-state index in [9.17, 15) is 8.78 Å². The largest absolute Gasteiger partial charge is 0.325 e. The Morgan fingerprint density at radius 1 is 1.06 bits per heavy atom. The molecule has 88 valence electrons. The summed E-state index contributed by atoms with van der Waals surface area (Å²) in [6.07, 6.45) is 1.33. The molecule has 0 saturated carbocycles. The van der Waals surface area contributed by atoms with Gasteiger partial charge in [-0.05, 0) is 11.6 Å². The van der Waals surface area contributed by atoms with Crippen LogP contribution in [0.4, 0.5) is 8.78 Å². The van der Waals surface area contributed by atoms with Crippen molar-refractivity contribution in [2.75, 3.05) is 0 Å². The molecule has 2 N–H and O–H groups in total. The minimum absolute atomic E-state index is 0.00136. The van der Waals surface area contributed by atoms with Crippen LogP contribution in [-0.4, -0.2) is 9.97 Å². The SMILES string of the molecule is NCc1ncnc(Cc2ccccc2F)c1F. The summed E-state index contributed by atoms with van der Waals surface area (Å²) in [6.45, 7) is -0.00136. The van der Waals surface area contributed by atoms with Gasteiger partial charge < -0.3 is 5.73 Å². The standard InChI is InChI=1S/C12H11F2N3/c13-9-4-2-1-3-8(9)5-10-12(14)11(6-15)17-7-16-10/h1-4,7H,5-6,15H2. The van der Waals surface area contributed by atoms with Crippen LogP contribution in [0.3, 0.4) is 0 Å². The fourth-order valence-electron chi connectivity index (χ4n) is 1.54. The van der Waals surface area contributed by atoms with Gasteiger partial charge in [0.2, 0.25) is 0 Å². The summed E-state index contributed by atoms with van der Waals surface area (Å²) in [6, 6.07) is 6.21. The monoisotopic (exact) mass is 235 g/mol. The molecular weight excluding hydrogens is 224 g/mol. The molecule has 0 spiro atoms. The first kappa shape index (κ1) is 11.6. The fraction of sp³-hybridized carbons (Fsp3) is 0.167. The molecule has 0 bridgehead atoms. The fourth-order valence-corrected chi connectivity index (χ4v) is 1.54. The Kier molecular flexibility index (Phi) is 3.39. The Bertz CT molecular complexity index is 529. The quantitative estimate of drug-likeness (QED) is 0.882. The Morgan fingerprint density at radius 3 is 2.47 bits per heavy atom. The number of halogens is 2. The normalized spacial score (nSPS) is 10.5. The van der Waals surface area contributed by atoms with Crippen molar-refractivity contribution < 1.29 is 8.78 Å². The number of nitrogens with two attached hydrogens (primary N) is 1. The molecule has 0 saturated heterocycles. The molecule has 3 nitrogen and oxygen atoms in total. The Balaban J connectivity index is 2.34. The second kappa shape index (κ2) is 4.97. The van der Waals surface area contributed by atoms with Gasteiger partial charge in [-0.2, -0.15) is 0 Å². The Labute approximate surface area is 97.3 Å². The topological polar surface area (TPSA) is 51.8 Å². The van der Waals surface area contributed by atoms with Crippen LogP contribution in [0.1, 0.15) is 17.0 Å². The highest BCUT2D eigenvalue weighted by atomic mass is 19.1. The minimum atomic E-state index is -0.557. The molecule has 0 amide bonds. The minimum Gasteiger partial charge on any atom is -0.325 e. The van der Waals surface area contributed by atoms with Gasteiger partial charge in [-0.3, -0.25) is 0 Å². The maximum atomic E-state index is 13.8. The lowest BCUT2D eigenvalue weighted by Gasteiger charge is -2.05. The summed E-state index contributed by atoms with van der Waals surface area (Å²) >= 11 is 0. The van der Waals surface area contributed by atoms with Crippen LogP contribution in [-0.2, 0) is 13.0 Å². The van der Waals surface area contributed by atoms with Gasteiger partial charge >= 0.3 is 0 Å². The lowest BCUT2D eigenvalue weighted by atomic mass is 10.1. The smallest absolute Gasteiger partial charge is 0.167 e. The molecule has 2 aromatic rings. The van der Waals surface area contributed by atoms with E-state index in [1.807, 2.05) is 0 Å². The number of aromatic nitrogens is 2. The molecule has 1 heterocycles. The number of hydrogen-bond donors (Lipinski definition) is 1. The first-order chi connectivity index (χ1) is 8.22. The summed E-state index contributed by atoms with van der Waals surface area (Å²) in [5.74, 6) is -0.932. The van der Waals surface area contributed by atoms with E-state index in [4.69, 9.17) is 5.73 Å². The molecule has 0 unspecified atom stereocenters. The summed E-state index contributed by atoms with van der Waals surface area (Å²) in [4.78, 5) is 7.53. The van der Waals surface area contributed by atoms with Crippen molar-refractivity contribution in [1.29, 1.82) is 0 Å². The van der Waals surface area contributed by atoms with E-state index in [0.717, 1.165) is 0 Å². The third-order valence-corrected chi connectivity index (χ3v) is 2.44. The van der Waals surface area contributed by atoms with E-state index in [-0.39, 0.29) is 30.2 Å². The Hall–Kier alpha value is -1.88. The molecule has 17 heavy (non-hydrogen) atoms. The first-order valence-electron chi connectivity index (χ1n) is 5.14. The van der Waals surface area contributed by atoms with Crippen LogP contribution in [0.15, 0.2) is 30.6 Å². The highest BCUT2D eigenvalue weighted by Gasteiger charge is 2.12. The number of benzene rings is 1. The Morgan fingerprint density at radius 2 is 1.76 bits per heavy atom. The molecule has 0 aliphatic carbocycles. The van der Waals surface area contributed by atoms with Crippen molar-refractivity contribution in [3.05, 3.63) is 59.2 Å². The highest BCUT2D eigenvalue weighted by Crippen LogP contribution is 2.15. The highest BCUT2D eigenvalue weighted by molar-refractivity contribution is 5.24. The third kappa shape index (κ3) is 2.45. The van der Waals surface area contributed by atoms with Gasteiger partial charge in [0.25, 0.3) is 0 Å². The zero-order chi connectivity index (χ0) is 12.3. The van der Waals surface area contributed by atoms with E-state index < -0.39 is 5.82 Å². The zero-order valence-corrected chi connectivity index (χ0v) is 9.03. The van der Waals surface area contributed by atoms with Crippen LogP contribution in [0.25, 0.3) is 0 Å².